The number of aromatic hydroxyl groups is 1. The number of hydrogen-bond donors (Lipinski definition) is 1. The molecule has 0 bridgehead atoms. The minimum Gasteiger partial charge on any atom is -0.508 e. The summed E-state index contributed by atoms with van der Waals surface area (Å²) >= 11 is 0. The lowest BCUT2D eigenvalue weighted by Crippen LogP contribution is -2.30. The van der Waals surface area contributed by atoms with Gasteiger partial charge in [-0.3, -0.25) is 14.5 Å². The number of imide groups is 1. The third kappa shape index (κ3) is 2.78. The molecule has 1 heterocycles. The first kappa shape index (κ1) is 15.2. The van der Waals surface area contributed by atoms with Crippen LogP contribution in [0.2, 0.25) is 0 Å². The molecule has 1 aromatic rings. The summed E-state index contributed by atoms with van der Waals surface area (Å²) in [6.45, 7) is 7.70. The van der Waals surface area contributed by atoms with E-state index in [1.54, 1.807) is 19.1 Å². The molecule has 1 aromatic carbocycles. The number of benzene rings is 1. The van der Waals surface area contributed by atoms with Crippen molar-refractivity contribution in [2.45, 2.75) is 34.1 Å². The Labute approximate surface area is 114 Å². The van der Waals surface area contributed by atoms with Crippen molar-refractivity contribution in [1.29, 1.82) is 0 Å². The van der Waals surface area contributed by atoms with Crippen molar-refractivity contribution in [3.05, 3.63) is 24.3 Å². The summed E-state index contributed by atoms with van der Waals surface area (Å²) < 4.78 is 0. The minimum absolute atomic E-state index is 0.118. The van der Waals surface area contributed by atoms with E-state index in [1.165, 1.54) is 17.0 Å². The Kier molecular flexibility index (Phi) is 5.10. The molecule has 0 saturated carbocycles. The highest BCUT2D eigenvalue weighted by Gasteiger charge is 2.44. The molecule has 2 atom stereocenters. The van der Waals surface area contributed by atoms with Crippen LogP contribution in [-0.2, 0) is 9.59 Å². The van der Waals surface area contributed by atoms with E-state index in [2.05, 4.69) is 0 Å². The number of phenols is 1. The monoisotopic (exact) mass is 263 g/mol. The fourth-order valence-corrected chi connectivity index (χ4v) is 2.25. The highest BCUT2D eigenvalue weighted by atomic mass is 16.3. The Hall–Kier alpha value is -1.84. The maximum atomic E-state index is 12.1. The first-order valence-corrected chi connectivity index (χ1v) is 6.73. The Balaban J connectivity index is 0.000000861. The van der Waals surface area contributed by atoms with Crippen LogP contribution in [0.15, 0.2) is 24.3 Å². The number of nitrogens with zero attached hydrogens (tertiary/aromatic N) is 1. The fourth-order valence-electron chi connectivity index (χ4n) is 2.25. The second-order valence-electron chi connectivity index (χ2n) is 4.33. The number of phenolic OH excluding ortho intramolecular Hbond substituents is 1. The van der Waals surface area contributed by atoms with Crippen molar-refractivity contribution in [2.24, 2.45) is 11.8 Å². The molecule has 1 N–H and O–H groups in total. The molecule has 1 saturated heterocycles. The zero-order valence-corrected chi connectivity index (χ0v) is 11.9. The lowest BCUT2D eigenvalue weighted by Gasteiger charge is -2.14. The first-order chi connectivity index (χ1) is 9.06. The van der Waals surface area contributed by atoms with E-state index in [0.29, 0.717) is 12.1 Å². The third-order valence-electron chi connectivity index (χ3n) is 3.30. The molecular formula is C15H21NO3. The Morgan fingerprint density at radius 2 is 1.63 bits per heavy atom. The summed E-state index contributed by atoms with van der Waals surface area (Å²) in [5.74, 6) is -0.672. The van der Waals surface area contributed by atoms with E-state index in [9.17, 15) is 14.7 Å². The molecule has 2 unspecified atom stereocenters. The van der Waals surface area contributed by atoms with E-state index in [1.807, 2.05) is 20.8 Å². The molecule has 19 heavy (non-hydrogen) atoms. The molecule has 2 amide bonds. The Morgan fingerprint density at radius 3 is 2.05 bits per heavy atom. The standard InChI is InChI=1S/C13H15NO3.C2H6/c1-3-11-8(2)12(16)14(13(11)17)9-4-6-10(15)7-5-9;1-2/h4-8,11,15H,3H2,1-2H3;1-2H3. The van der Waals surface area contributed by atoms with Crippen LogP contribution in [0.3, 0.4) is 0 Å². The summed E-state index contributed by atoms with van der Waals surface area (Å²) in [5.41, 5.74) is 0.528. The van der Waals surface area contributed by atoms with Crippen LogP contribution < -0.4 is 4.90 Å². The molecule has 1 fully saturated rings. The number of rotatable bonds is 2. The van der Waals surface area contributed by atoms with Gasteiger partial charge in [0.2, 0.25) is 11.8 Å². The van der Waals surface area contributed by atoms with Crippen molar-refractivity contribution in [3.63, 3.8) is 0 Å². The van der Waals surface area contributed by atoms with Gasteiger partial charge in [-0.25, -0.2) is 0 Å². The summed E-state index contributed by atoms with van der Waals surface area (Å²) in [5, 5.41) is 9.19. The highest BCUT2D eigenvalue weighted by molar-refractivity contribution is 6.21. The normalized spacial score (nSPS) is 22.2. The number of carbonyl (C=O) groups is 2. The zero-order chi connectivity index (χ0) is 14.6. The number of hydrogen-bond acceptors (Lipinski definition) is 3. The molecular weight excluding hydrogens is 242 g/mol. The molecule has 0 aliphatic carbocycles. The molecule has 0 radical (unpaired) electrons. The summed E-state index contributed by atoms with van der Waals surface area (Å²) in [4.78, 5) is 25.3. The van der Waals surface area contributed by atoms with E-state index in [0.717, 1.165) is 0 Å². The van der Waals surface area contributed by atoms with Crippen molar-refractivity contribution < 1.29 is 14.7 Å². The second kappa shape index (κ2) is 6.36. The highest BCUT2D eigenvalue weighted by Crippen LogP contribution is 2.32. The molecule has 0 spiro atoms. The molecule has 2 rings (SSSR count). The van der Waals surface area contributed by atoms with Crippen LogP contribution in [0, 0.1) is 11.8 Å². The van der Waals surface area contributed by atoms with Crippen LogP contribution >= 0.6 is 0 Å². The van der Waals surface area contributed by atoms with E-state index in [-0.39, 0.29) is 29.4 Å². The molecule has 104 valence electrons. The van der Waals surface area contributed by atoms with Gasteiger partial charge in [0, 0.05) is 5.92 Å². The van der Waals surface area contributed by atoms with Crippen LogP contribution in [0.5, 0.6) is 5.75 Å². The van der Waals surface area contributed by atoms with Crippen molar-refractivity contribution in [3.8, 4) is 5.75 Å². The smallest absolute Gasteiger partial charge is 0.237 e. The fraction of sp³-hybridized carbons (Fsp3) is 0.467. The van der Waals surface area contributed by atoms with Crippen molar-refractivity contribution in [1.82, 2.24) is 0 Å². The predicted octanol–water partition coefficient (Wildman–Crippen LogP) is 2.95. The van der Waals surface area contributed by atoms with E-state index in [4.69, 9.17) is 0 Å². The lowest BCUT2D eigenvalue weighted by atomic mass is 9.95. The van der Waals surface area contributed by atoms with Gasteiger partial charge < -0.3 is 5.11 Å². The van der Waals surface area contributed by atoms with Crippen LogP contribution in [0.25, 0.3) is 0 Å². The quantitative estimate of drug-likeness (QED) is 0.834. The maximum Gasteiger partial charge on any atom is 0.237 e. The third-order valence-corrected chi connectivity index (χ3v) is 3.30. The Morgan fingerprint density at radius 1 is 1.11 bits per heavy atom. The average Bonchev–Trinajstić information content (AvgIpc) is 2.64. The van der Waals surface area contributed by atoms with Gasteiger partial charge in [0.05, 0.1) is 11.6 Å². The largest absolute Gasteiger partial charge is 0.508 e. The van der Waals surface area contributed by atoms with E-state index >= 15 is 0 Å². The van der Waals surface area contributed by atoms with Gasteiger partial charge in [-0.2, -0.15) is 0 Å². The van der Waals surface area contributed by atoms with Gasteiger partial charge >= 0.3 is 0 Å². The number of anilines is 1. The van der Waals surface area contributed by atoms with Crippen molar-refractivity contribution >= 4 is 17.5 Å². The number of amides is 2. The van der Waals surface area contributed by atoms with Gasteiger partial charge in [-0.1, -0.05) is 27.7 Å². The Bertz CT molecular complexity index is 453. The van der Waals surface area contributed by atoms with Gasteiger partial charge in [-0.05, 0) is 30.7 Å². The summed E-state index contributed by atoms with van der Waals surface area (Å²) in [6.07, 6.45) is 0.667. The van der Waals surface area contributed by atoms with Gasteiger partial charge in [-0.15, -0.1) is 0 Å². The van der Waals surface area contributed by atoms with Gasteiger partial charge in [0.1, 0.15) is 5.75 Å². The number of carbonyl (C=O) groups excluding carboxylic acids is 2. The average molecular weight is 263 g/mol. The predicted molar refractivity (Wildman–Crippen MR) is 74.9 cm³/mol. The second-order valence-corrected chi connectivity index (χ2v) is 4.33. The van der Waals surface area contributed by atoms with E-state index < -0.39 is 0 Å². The summed E-state index contributed by atoms with van der Waals surface area (Å²) in [7, 11) is 0. The molecule has 4 nitrogen and oxygen atoms in total. The zero-order valence-electron chi connectivity index (χ0n) is 11.9. The molecule has 0 aromatic heterocycles. The van der Waals surface area contributed by atoms with Crippen LogP contribution in [0.4, 0.5) is 5.69 Å². The van der Waals surface area contributed by atoms with Crippen LogP contribution in [0.1, 0.15) is 34.1 Å². The SMILES string of the molecule is CC.CCC1C(=O)N(c2ccc(O)cc2)C(=O)C1C. The van der Waals surface area contributed by atoms with Gasteiger partial charge in [0.25, 0.3) is 0 Å². The molecule has 4 heteroatoms. The minimum atomic E-state index is -0.263. The van der Waals surface area contributed by atoms with Gasteiger partial charge in [0.15, 0.2) is 0 Å². The lowest BCUT2D eigenvalue weighted by molar-refractivity contribution is -0.122. The maximum absolute atomic E-state index is 12.1. The molecule has 1 aliphatic heterocycles. The first-order valence-electron chi connectivity index (χ1n) is 6.73. The van der Waals surface area contributed by atoms with Crippen molar-refractivity contribution in [2.75, 3.05) is 4.90 Å². The summed E-state index contributed by atoms with van der Waals surface area (Å²) in [6, 6.07) is 6.10. The van der Waals surface area contributed by atoms with Crippen LogP contribution in [-0.4, -0.2) is 16.9 Å². The topological polar surface area (TPSA) is 57.6 Å². The molecule has 1 aliphatic rings.